The standard InChI is InChI=1S/C24H28N2O2/c1-3-14-25-15-16-26(23(27)4-2)18-21(24(25)28)17-20-12-8-9-13-22(20)19-10-6-5-7-11-19/h3,5-13,21H,1,4,14-18H2,2H3/t21-/m1/s1. The van der Waals surface area contributed by atoms with E-state index in [2.05, 4.69) is 30.8 Å². The molecule has 0 aromatic heterocycles. The maximum atomic E-state index is 13.2. The second kappa shape index (κ2) is 9.36. The van der Waals surface area contributed by atoms with E-state index in [1.165, 1.54) is 0 Å². The maximum Gasteiger partial charge on any atom is 0.228 e. The fourth-order valence-corrected chi connectivity index (χ4v) is 3.85. The van der Waals surface area contributed by atoms with E-state index in [1.54, 1.807) is 6.08 Å². The summed E-state index contributed by atoms with van der Waals surface area (Å²) in [6.45, 7) is 7.79. The fraction of sp³-hybridized carbons (Fsp3) is 0.333. The first-order valence-electron chi connectivity index (χ1n) is 9.94. The van der Waals surface area contributed by atoms with Crippen LogP contribution in [0, 0.1) is 5.92 Å². The Morgan fingerprint density at radius 1 is 1.11 bits per heavy atom. The highest BCUT2D eigenvalue weighted by Gasteiger charge is 2.31. The summed E-state index contributed by atoms with van der Waals surface area (Å²) in [4.78, 5) is 29.2. The Labute approximate surface area is 167 Å². The number of carbonyl (C=O) groups excluding carboxylic acids is 2. The Balaban J connectivity index is 1.91. The highest BCUT2D eigenvalue weighted by molar-refractivity contribution is 5.83. The van der Waals surface area contributed by atoms with Crippen molar-refractivity contribution in [3.63, 3.8) is 0 Å². The van der Waals surface area contributed by atoms with Crippen LogP contribution in [0.1, 0.15) is 18.9 Å². The third kappa shape index (κ3) is 4.50. The Morgan fingerprint density at radius 3 is 2.54 bits per heavy atom. The van der Waals surface area contributed by atoms with Crippen molar-refractivity contribution in [2.24, 2.45) is 5.92 Å². The Morgan fingerprint density at radius 2 is 1.82 bits per heavy atom. The van der Waals surface area contributed by atoms with Crippen LogP contribution in [0.3, 0.4) is 0 Å². The second-order valence-corrected chi connectivity index (χ2v) is 7.19. The van der Waals surface area contributed by atoms with Crippen LogP contribution in [0.4, 0.5) is 0 Å². The third-order valence-corrected chi connectivity index (χ3v) is 5.31. The first-order chi connectivity index (χ1) is 13.6. The van der Waals surface area contributed by atoms with Gasteiger partial charge in [-0.3, -0.25) is 9.59 Å². The van der Waals surface area contributed by atoms with Gasteiger partial charge in [0.25, 0.3) is 0 Å². The minimum Gasteiger partial charge on any atom is -0.340 e. The topological polar surface area (TPSA) is 40.6 Å². The smallest absolute Gasteiger partial charge is 0.228 e. The largest absolute Gasteiger partial charge is 0.340 e. The maximum absolute atomic E-state index is 13.2. The molecule has 0 bridgehead atoms. The molecule has 2 aromatic carbocycles. The second-order valence-electron chi connectivity index (χ2n) is 7.19. The van der Waals surface area contributed by atoms with E-state index in [4.69, 9.17) is 0 Å². The molecule has 0 radical (unpaired) electrons. The molecule has 0 spiro atoms. The summed E-state index contributed by atoms with van der Waals surface area (Å²) in [5, 5.41) is 0. The lowest BCUT2D eigenvalue weighted by atomic mass is 9.91. The molecule has 2 aromatic rings. The molecule has 0 N–H and O–H groups in total. The molecule has 0 unspecified atom stereocenters. The lowest BCUT2D eigenvalue weighted by Gasteiger charge is -2.24. The van der Waals surface area contributed by atoms with Gasteiger partial charge in [0.2, 0.25) is 11.8 Å². The van der Waals surface area contributed by atoms with Crippen LogP contribution in [-0.2, 0) is 16.0 Å². The van der Waals surface area contributed by atoms with Gasteiger partial charge in [-0.1, -0.05) is 67.6 Å². The van der Waals surface area contributed by atoms with Crippen molar-refractivity contribution < 1.29 is 9.59 Å². The van der Waals surface area contributed by atoms with Crippen molar-refractivity contribution >= 4 is 11.8 Å². The Hall–Kier alpha value is -2.88. The van der Waals surface area contributed by atoms with Gasteiger partial charge in [0, 0.05) is 32.6 Å². The molecule has 1 saturated heterocycles. The Kier molecular flexibility index (Phi) is 6.64. The van der Waals surface area contributed by atoms with Gasteiger partial charge in [0.1, 0.15) is 0 Å². The highest BCUT2D eigenvalue weighted by Crippen LogP contribution is 2.27. The number of carbonyl (C=O) groups is 2. The van der Waals surface area contributed by atoms with Crippen molar-refractivity contribution in [3.05, 3.63) is 72.8 Å². The highest BCUT2D eigenvalue weighted by atomic mass is 16.2. The van der Waals surface area contributed by atoms with Gasteiger partial charge in [-0.25, -0.2) is 0 Å². The summed E-state index contributed by atoms with van der Waals surface area (Å²) in [6, 6.07) is 18.5. The van der Waals surface area contributed by atoms with Gasteiger partial charge in [0.15, 0.2) is 0 Å². The number of rotatable bonds is 6. The summed E-state index contributed by atoms with van der Waals surface area (Å²) < 4.78 is 0. The van der Waals surface area contributed by atoms with E-state index < -0.39 is 0 Å². The molecular formula is C24H28N2O2. The first kappa shape index (κ1) is 19.9. The molecule has 4 heteroatoms. The zero-order valence-corrected chi connectivity index (χ0v) is 16.5. The SMILES string of the molecule is C=CCN1CCN(C(=O)CC)C[C@@H](Cc2ccccc2-c2ccccc2)C1=O. The molecule has 1 aliphatic heterocycles. The normalized spacial score (nSPS) is 17.3. The predicted molar refractivity (Wildman–Crippen MR) is 113 cm³/mol. The third-order valence-electron chi connectivity index (χ3n) is 5.31. The van der Waals surface area contributed by atoms with Gasteiger partial charge in [-0.05, 0) is 23.1 Å². The lowest BCUT2D eigenvalue weighted by Crippen LogP contribution is -2.38. The van der Waals surface area contributed by atoms with E-state index in [9.17, 15) is 9.59 Å². The molecule has 28 heavy (non-hydrogen) atoms. The van der Waals surface area contributed by atoms with Gasteiger partial charge in [0.05, 0.1) is 5.92 Å². The molecule has 1 heterocycles. The summed E-state index contributed by atoms with van der Waals surface area (Å²) in [5.74, 6) is -0.0356. The van der Waals surface area contributed by atoms with E-state index in [0.29, 0.717) is 39.0 Å². The molecule has 2 amide bonds. The molecule has 0 aliphatic carbocycles. The van der Waals surface area contributed by atoms with Gasteiger partial charge < -0.3 is 9.80 Å². The average molecular weight is 377 g/mol. The van der Waals surface area contributed by atoms with E-state index >= 15 is 0 Å². The molecule has 146 valence electrons. The summed E-state index contributed by atoms with van der Waals surface area (Å²) >= 11 is 0. The van der Waals surface area contributed by atoms with Crippen LogP contribution < -0.4 is 0 Å². The van der Waals surface area contributed by atoms with Gasteiger partial charge >= 0.3 is 0 Å². The number of hydrogen-bond donors (Lipinski definition) is 0. The predicted octanol–water partition coefficient (Wildman–Crippen LogP) is 3.78. The summed E-state index contributed by atoms with van der Waals surface area (Å²) in [6.07, 6.45) is 2.83. The van der Waals surface area contributed by atoms with Crippen LogP contribution in [-0.4, -0.2) is 47.8 Å². The van der Waals surface area contributed by atoms with Gasteiger partial charge in [-0.15, -0.1) is 6.58 Å². The first-order valence-corrected chi connectivity index (χ1v) is 9.94. The van der Waals surface area contributed by atoms with Crippen LogP contribution >= 0.6 is 0 Å². The van der Waals surface area contributed by atoms with Crippen molar-refractivity contribution in [1.82, 2.24) is 9.80 Å². The summed E-state index contributed by atoms with van der Waals surface area (Å²) in [5.41, 5.74) is 3.42. The molecule has 1 fully saturated rings. The number of benzene rings is 2. The van der Waals surface area contributed by atoms with Crippen LogP contribution in [0.15, 0.2) is 67.3 Å². The Bertz CT molecular complexity index is 832. The zero-order chi connectivity index (χ0) is 19.9. The quantitative estimate of drug-likeness (QED) is 0.720. The number of amides is 2. The van der Waals surface area contributed by atoms with Crippen molar-refractivity contribution in [2.45, 2.75) is 19.8 Å². The van der Waals surface area contributed by atoms with Crippen LogP contribution in [0.25, 0.3) is 11.1 Å². The van der Waals surface area contributed by atoms with Crippen molar-refractivity contribution in [3.8, 4) is 11.1 Å². The van der Waals surface area contributed by atoms with E-state index in [-0.39, 0.29) is 17.7 Å². The van der Waals surface area contributed by atoms with E-state index in [1.807, 2.05) is 47.1 Å². The zero-order valence-electron chi connectivity index (χ0n) is 16.5. The number of nitrogens with zero attached hydrogens (tertiary/aromatic N) is 2. The van der Waals surface area contributed by atoms with Crippen LogP contribution in [0.5, 0.6) is 0 Å². The summed E-state index contributed by atoms with van der Waals surface area (Å²) in [7, 11) is 0. The molecule has 3 rings (SSSR count). The molecule has 1 aliphatic rings. The number of hydrogen-bond acceptors (Lipinski definition) is 2. The minimum atomic E-state index is -0.247. The fourth-order valence-electron chi connectivity index (χ4n) is 3.85. The average Bonchev–Trinajstić information content (AvgIpc) is 2.89. The van der Waals surface area contributed by atoms with Crippen molar-refractivity contribution in [2.75, 3.05) is 26.2 Å². The monoisotopic (exact) mass is 376 g/mol. The van der Waals surface area contributed by atoms with Crippen LogP contribution in [0.2, 0.25) is 0 Å². The molecule has 0 saturated carbocycles. The lowest BCUT2D eigenvalue weighted by molar-refractivity contribution is -0.134. The molecular weight excluding hydrogens is 348 g/mol. The molecule has 1 atom stereocenters. The minimum absolute atomic E-state index is 0.106. The van der Waals surface area contributed by atoms with Gasteiger partial charge in [-0.2, -0.15) is 0 Å². The van der Waals surface area contributed by atoms with E-state index in [0.717, 1.165) is 16.7 Å². The van der Waals surface area contributed by atoms with Crippen molar-refractivity contribution in [1.29, 1.82) is 0 Å². The molecule has 4 nitrogen and oxygen atoms in total.